The van der Waals surface area contributed by atoms with Crippen molar-refractivity contribution in [1.82, 2.24) is 4.98 Å². The quantitative estimate of drug-likeness (QED) is 0.846. The Balaban J connectivity index is 2.27. The highest BCUT2D eigenvalue weighted by Gasteiger charge is 2.12. The van der Waals surface area contributed by atoms with Crippen LogP contribution in [0.2, 0.25) is 5.02 Å². The average Bonchev–Trinajstić information content (AvgIpc) is 2.39. The molecule has 2 rings (SSSR count). The van der Waals surface area contributed by atoms with Crippen LogP contribution in [0.25, 0.3) is 0 Å². The van der Waals surface area contributed by atoms with Gasteiger partial charge in [-0.1, -0.05) is 42.0 Å². The van der Waals surface area contributed by atoms with E-state index < -0.39 is 0 Å². The van der Waals surface area contributed by atoms with E-state index in [0.717, 1.165) is 16.1 Å². The second kappa shape index (κ2) is 5.99. The second-order valence-electron chi connectivity index (χ2n) is 4.15. The molecule has 0 saturated carbocycles. The highest BCUT2D eigenvalue weighted by atomic mass is 35.5. The summed E-state index contributed by atoms with van der Waals surface area (Å²) >= 11 is 11.2. The highest BCUT2D eigenvalue weighted by Crippen LogP contribution is 2.26. The van der Waals surface area contributed by atoms with Crippen LogP contribution in [0.1, 0.15) is 24.1 Å². The van der Waals surface area contributed by atoms with Crippen molar-refractivity contribution in [2.24, 2.45) is 5.73 Å². The van der Waals surface area contributed by atoms with Crippen LogP contribution in [0.15, 0.2) is 42.6 Å². The fourth-order valence-electron chi connectivity index (χ4n) is 1.83. The zero-order chi connectivity index (χ0) is 13.8. The van der Waals surface area contributed by atoms with Crippen molar-refractivity contribution in [2.75, 3.05) is 5.32 Å². The highest BCUT2D eigenvalue weighted by molar-refractivity contribution is 7.80. The number of pyridine rings is 1. The van der Waals surface area contributed by atoms with Gasteiger partial charge in [0.2, 0.25) is 0 Å². The molecule has 0 radical (unpaired) electrons. The van der Waals surface area contributed by atoms with Gasteiger partial charge in [-0.3, -0.25) is 0 Å². The maximum absolute atomic E-state index is 6.18. The fourth-order valence-corrected chi connectivity index (χ4v) is 2.29. The molecule has 2 aromatic rings. The Labute approximate surface area is 122 Å². The summed E-state index contributed by atoms with van der Waals surface area (Å²) in [7, 11) is 0. The number of rotatable bonds is 4. The van der Waals surface area contributed by atoms with Crippen LogP contribution in [-0.4, -0.2) is 9.97 Å². The smallest absolute Gasteiger partial charge is 0.136 e. The fraction of sp³-hybridized carbons (Fsp3) is 0.143. The minimum absolute atomic E-state index is 0.0108. The molecular formula is C14H14ClN3S. The van der Waals surface area contributed by atoms with Crippen LogP contribution < -0.4 is 11.1 Å². The van der Waals surface area contributed by atoms with Gasteiger partial charge < -0.3 is 11.1 Å². The summed E-state index contributed by atoms with van der Waals surface area (Å²) in [6.07, 6.45) is 1.70. The zero-order valence-corrected chi connectivity index (χ0v) is 12.0. The predicted molar refractivity (Wildman–Crippen MR) is 83.6 cm³/mol. The van der Waals surface area contributed by atoms with E-state index in [1.807, 2.05) is 37.3 Å². The molecule has 1 heterocycles. The number of aromatic nitrogens is 1. The number of halogens is 1. The number of nitrogens with two attached hydrogens (primary N) is 1. The first kappa shape index (κ1) is 13.8. The maximum atomic E-state index is 6.18. The van der Waals surface area contributed by atoms with Gasteiger partial charge in [-0.25, -0.2) is 4.98 Å². The van der Waals surface area contributed by atoms with Crippen molar-refractivity contribution in [3.8, 4) is 0 Å². The van der Waals surface area contributed by atoms with Crippen LogP contribution in [0.4, 0.5) is 5.82 Å². The minimum Gasteiger partial charge on any atom is -0.389 e. The van der Waals surface area contributed by atoms with E-state index >= 15 is 0 Å². The summed E-state index contributed by atoms with van der Waals surface area (Å²) in [6, 6.07) is 11.4. The Bertz CT molecular complexity index is 601. The van der Waals surface area contributed by atoms with Gasteiger partial charge in [0.15, 0.2) is 0 Å². The number of hydrogen-bond donors (Lipinski definition) is 2. The normalized spacial score (nSPS) is 11.9. The maximum Gasteiger partial charge on any atom is 0.136 e. The van der Waals surface area contributed by atoms with Gasteiger partial charge in [0.1, 0.15) is 10.8 Å². The van der Waals surface area contributed by atoms with Gasteiger partial charge in [0.25, 0.3) is 0 Å². The standard InChI is InChI=1S/C14H14ClN3S/c1-9(10-5-2-3-7-12(10)15)18-14-11(13(16)19)6-4-8-17-14/h2-9H,1H3,(H2,16,19)(H,17,18). The molecular weight excluding hydrogens is 278 g/mol. The number of benzene rings is 1. The molecule has 19 heavy (non-hydrogen) atoms. The van der Waals surface area contributed by atoms with E-state index in [4.69, 9.17) is 29.6 Å². The zero-order valence-electron chi connectivity index (χ0n) is 10.4. The van der Waals surface area contributed by atoms with E-state index in [1.165, 1.54) is 0 Å². The molecule has 0 amide bonds. The number of anilines is 1. The van der Waals surface area contributed by atoms with E-state index in [0.29, 0.717) is 10.8 Å². The van der Waals surface area contributed by atoms with E-state index in [1.54, 1.807) is 12.3 Å². The topological polar surface area (TPSA) is 50.9 Å². The van der Waals surface area contributed by atoms with Gasteiger partial charge in [-0.05, 0) is 30.7 Å². The minimum atomic E-state index is 0.0108. The summed E-state index contributed by atoms with van der Waals surface area (Å²) in [5.41, 5.74) is 7.42. The van der Waals surface area contributed by atoms with Crippen LogP contribution >= 0.6 is 23.8 Å². The third kappa shape index (κ3) is 3.22. The Morgan fingerprint density at radius 2 is 2.05 bits per heavy atom. The van der Waals surface area contributed by atoms with Crippen molar-refractivity contribution in [1.29, 1.82) is 0 Å². The summed E-state index contributed by atoms with van der Waals surface area (Å²) in [6.45, 7) is 2.01. The third-order valence-corrected chi connectivity index (χ3v) is 3.36. The van der Waals surface area contributed by atoms with Gasteiger partial charge in [0, 0.05) is 11.2 Å². The lowest BCUT2D eigenvalue weighted by Gasteiger charge is -2.18. The molecule has 0 spiro atoms. The molecule has 0 aliphatic heterocycles. The molecule has 1 unspecified atom stereocenters. The summed E-state index contributed by atoms with van der Waals surface area (Å²) in [4.78, 5) is 4.59. The molecule has 0 aliphatic rings. The molecule has 1 atom stereocenters. The second-order valence-corrected chi connectivity index (χ2v) is 5.00. The van der Waals surface area contributed by atoms with Gasteiger partial charge in [0.05, 0.1) is 11.6 Å². The molecule has 3 nitrogen and oxygen atoms in total. The molecule has 0 bridgehead atoms. The summed E-state index contributed by atoms with van der Waals surface area (Å²) in [5, 5.41) is 4.00. The van der Waals surface area contributed by atoms with Crippen molar-refractivity contribution in [2.45, 2.75) is 13.0 Å². The Morgan fingerprint density at radius 1 is 1.32 bits per heavy atom. The molecule has 98 valence electrons. The largest absolute Gasteiger partial charge is 0.389 e. The van der Waals surface area contributed by atoms with Crippen LogP contribution in [0, 0.1) is 0 Å². The summed E-state index contributed by atoms with van der Waals surface area (Å²) < 4.78 is 0. The van der Waals surface area contributed by atoms with Gasteiger partial charge in [-0.2, -0.15) is 0 Å². The van der Waals surface area contributed by atoms with Crippen LogP contribution in [0.3, 0.4) is 0 Å². The van der Waals surface area contributed by atoms with Crippen molar-refractivity contribution in [3.63, 3.8) is 0 Å². The van der Waals surface area contributed by atoms with E-state index in [2.05, 4.69) is 10.3 Å². The van der Waals surface area contributed by atoms with Crippen LogP contribution in [0.5, 0.6) is 0 Å². The first-order chi connectivity index (χ1) is 9.09. The van der Waals surface area contributed by atoms with Crippen molar-refractivity contribution in [3.05, 3.63) is 58.7 Å². The molecule has 0 aliphatic carbocycles. The van der Waals surface area contributed by atoms with E-state index in [9.17, 15) is 0 Å². The lowest BCUT2D eigenvalue weighted by atomic mass is 10.1. The van der Waals surface area contributed by atoms with Gasteiger partial charge >= 0.3 is 0 Å². The predicted octanol–water partition coefficient (Wildman–Crippen LogP) is 3.54. The number of hydrogen-bond acceptors (Lipinski definition) is 3. The number of nitrogens with zero attached hydrogens (tertiary/aromatic N) is 1. The van der Waals surface area contributed by atoms with Crippen molar-refractivity contribution >= 4 is 34.6 Å². The monoisotopic (exact) mass is 291 g/mol. The van der Waals surface area contributed by atoms with Crippen LogP contribution in [-0.2, 0) is 0 Å². The molecule has 0 fully saturated rings. The van der Waals surface area contributed by atoms with Gasteiger partial charge in [-0.15, -0.1) is 0 Å². The Hall–Kier alpha value is -1.65. The summed E-state index contributed by atoms with van der Waals surface area (Å²) in [5.74, 6) is 0.669. The Morgan fingerprint density at radius 3 is 2.74 bits per heavy atom. The Kier molecular flexibility index (Phi) is 4.35. The van der Waals surface area contributed by atoms with E-state index in [-0.39, 0.29) is 6.04 Å². The molecule has 5 heteroatoms. The number of nitrogens with one attached hydrogen (secondary N) is 1. The third-order valence-electron chi connectivity index (χ3n) is 2.80. The first-order valence-electron chi connectivity index (χ1n) is 5.85. The number of thiocarbonyl (C=S) groups is 1. The molecule has 1 aromatic carbocycles. The lowest BCUT2D eigenvalue weighted by Crippen LogP contribution is -2.16. The average molecular weight is 292 g/mol. The molecule has 0 saturated heterocycles. The first-order valence-corrected chi connectivity index (χ1v) is 6.64. The molecule has 1 aromatic heterocycles. The lowest BCUT2D eigenvalue weighted by molar-refractivity contribution is 0.874. The molecule has 3 N–H and O–H groups in total. The van der Waals surface area contributed by atoms with Crippen molar-refractivity contribution < 1.29 is 0 Å². The SMILES string of the molecule is CC(Nc1ncccc1C(N)=S)c1ccccc1Cl.